The van der Waals surface area contributed by atoms with Gasteiger partial charge in [0.05, 0.1) is 5.92 Å². The Morgan fingerprint density at radius 2 is 2.25 bits per heavy atom. The molecule has 0 aromatic heterocycles. The van der Waals surface area contributed by atoms with Gasteiger partial charge in [-0.1, -0.05) is 18.6 Å². The van der Waals surface area contributed by atoms with Gasteiger partial charge in [-0.2, -0.15) is 0 Å². The standard InChI is InChI=1S/C10H11NO/c1-4-8-7-11(6-3)10(12)9(8)5-2/h3-5,8-9H,1-2,7H2. The first-order valence-electron chi connectivity index (χ1n) is 3.77. The lowest BCUT2D eigenvalue weighted by molar-refractivity contribution is -0.127. The fourth-order valence-electron chi connectivity index (χ4n) is 1.39. The molecule has 1 amide bonds. The van der Waals surface area contributed by atoms with Crippen LogP contribution in [0.1, 0.15) is 0 Å². The van der Waals surface area contributed by atoms with E-state index in [1.54, 1.807) is 12.2 Å². The number of amides is 1. The minimum absolute atomic E-state index is 0.0441. The van der Waals surface area contributed by atoms with Gasteiger partial charge in [-0.05, 0) is 0 Å². The van der Waals surface area contributed by atoms with Crippen LogP contribution in [0.2, 0.25) is 0 Å². The molecule has 1 fully saturated rings. The lowest BCUT2D eigenvalue weighted by atomic mass is 9.96. The average Bonchev–Trinajstić information content (AvgIpc) is 2.41. The Kier molecular flexibility index (Phi) is 2.35. The molecule has 1 aliphatic heterocycles. The quantitative estimate of drug-likeness (QED) is 0.437. The first kappa shape index (κ1) is 8.61. The second-order valence-electron chi connectivity index (χ2n) is 2.74. The van der Waals surface area contributed by atoms with Crippen LogP contribution in [-0.4, -0.2) is 17.4 Å². The molecular weight excluding hydrogens is 150 g/mol. The Balaban J connectivity index is 2.87. The van der Waals surface area contributed by atoms with Gasteiger partial charge in [0.25, 0.3) is 0 Å². The summed E-state index contributed by atoms with van der Waals surface area (Å²) >= 11 is 0. The Hall–Kier alpha value is -1.49. The molecule has 0 saturated carbocycles. The Bertz CT molecular complexity index is 262. The van der Waals surface area contributed by atoms with Crippen LogP contribution >= 0.6 is 0 Å². The summed E-state index contributed by atoms with van der Waals surface area (Å²) in [5, 5.41) is 0. The first-order valence-corrected chi connectivity index (χ1v) is 3.77. The molecule has 2 unspecified atom stereocenters. The highest BCUT2D eigenvalue weighted by Gasteiger charge is 2.35. The van der Waals surface area contributed by atoms with Crippen molar-refractivity contribution in [2.24, 2.45) is 11.8 Å². The van der Waals surface area contributed by atoms with E-state index in [0.717, 1.165) is 0 Å². The summed E-state index contributed by atoms with van der Waals surface area (Å²) in [6.45, 7) is 7.81. The van der Waals surface area contributed by atoms with E-state index in [1.165, 1.54) is 4.90 Å². The van der Waals surface area contributed by atoms with Crippen molar-refractivity contribution in [3.05, 3.63) is 25.3 Å². The maximum atomic E-state index is 11.4. The van der Waals surface area contributed by atoms with Crippen molar-refractivity contribution >= 4 is 5.91 Å². The van der Waals surface area contributed by atoms with Crippen molar-refractivity contribution < 1.29 is 4.79 Å². The largest absolute Gasteiger partial charge is 0.273 e. The maximum absolute atomic E-state index is 11.4. The van der Waals surface area contributed by atoms with Crippen LogP contribution in [0.3, 0.4) is 0 Å². The number of terminal acetylenes is 1. The van der Waals surface area contributed by atoms with Gasteiger partial charge in [-0.3, -0.25) is 9.69 Å². The molecule has 12 heavy (non-hydrogen) atoms. The topological polar surface area (TPSA) is 20.3 Å². The predicted molar refractivity (Wildman–Crippen MR) is 47.9 cm³/mol. The molecule has 0 bridgehead atoms. The number of carbonyl (C=O) groups excluding carboxylic acids is 1. The maximum Gasteiger partial charge on any atom is 0.241 e. The fraction of sp³-hybridized carbons (Fsp3) is 0.300. The second kappa shape index (κ2) is 3.27. The van der Waals surface area contributed by atoms with E-state index in [-0.39, 0.29) is 17.7 Å². The molecular formula is C10H11NO. The fourth-order valence-corrected chi connectivity index (χ4v) is 1.39. The highest BCUT2D eigenvalue weighted by Crippen LogP contribution is 2.25. The number of hydrogen-bond acceptors (Lipinski definition) is 1. The molecule has 0 radical (unpaired) electrons. The van der Waals surface area contributed by atoms with E-state index in [9.17, 15) is 4.79 Å². The number of likely N-dealkylation sites (tertiary alicyclic amines) is 1. The number of rotatable bonds is 2. The van der Waals surface area contributed by atoms with Gasteiger partial charge in [0, 0.05) is 18.5 Å². The Morgan fingerprint density at radius 1 is 1.58 bits per heavy atom. The zero-order valence-corrected chi connectivity index (χ0v) is 6.86. The molecule has 0 spiro atoms. The average molecular weight is 161 g/mol. The van der Waals surface area contributed by atoms with Crippen molar-refractivity contribution in [2.45, 2.75) is 0 Å². The molecule has 1 saturated heterocycles. The third-order valence-electron chi connectivity index (χ3n) is 2.12. The summed E-state index contributed by atoms with van der Waals surface area (Å²) in [7, 11) is 0. The molecule has 1 aliphatic rings. The first-order chi connectivity index (χ1) is 5.74. The summed E-state index contributed by atoms with van der Waals surface area (Å²) in [5.74, 6) is -0.109. The minimum atomic E-state index is -0.182. The molecule has 1 rings (SSSR count). The van der Waals surface area contributed by atoms with E-state index in [4.69, 9.17) is 6.42 Å². The molecule has 0 aromatic rings. The summed E-state index contributed by atoms with van der Waals surface area (Å²) in [5.41, 5.74) is 0. The van der Waals surface area contributed by atoms with E-state index in [0.29, 0.717) is 6.54 Å². The van der Waals surface area contributed by atoms with E-state index in [1.807, 2.05) is 0 Å². The number of carbonyl (C=O) groups is 1. The molecule has 0 N–H and O–H groups in total. The molecule has 2 heteroatoms. The third-order valence-corrected chi connectivity index (χ3v) is 2.12. The smallest absolute Gasteiger partial charge is 0.241 e. The summed E-state index contributed by atoms with van der Waals surface area (Å²) < 4.78 is 0. The lowest BCUT2D eigenvalue weighted by Gasteiger charge is -2.04. The van der Waals surface area contributed by atoms with Crippen LogP contribution in [0.4, 0.5) is 0 Å². The molecule has 0 aliphatic carbocycles. The van der Waals surface area contributed by atoms with Gasteiger partial charge >= 0.3 is 0 Å². The summed E-state index contributed by atoms with van der Waals surface area (Å²) in [4.78, 5) is 12.8. The van der Waals surface area contributed by atoms with Crippen molar-refractivity contribution in [1.82, 2.24) is 4.90 Å². The zero-order valence-electron chi connectivity index (χ0n) is 6.86. The SMILES string of the molecule is C#CN1CC(C=C)C(C=C)C1=O. The molecule has 2 nitrogen and oxygen atoms in total. The van der Waals surface area contributed by atoms with Crippen LogP contribution in [0.15, 0.2) is 25.3 Å². The predicted octanol–water partition coefficient (Wildman–Crippen LogP) is 1.02. The molecule has 1 heterocycles. The van der Waals surface area contributed by atoms with Gasteiger partial charge in [-0.25, -0.2) is 0 Å². The Morgan fingerprint density at radius 3 is 2.58 bits per heavy atom. The van der Waals surface area contributed by atoms with Gasteiger partial charge in [-0.15, -0.1) is 13.2 Å². The zero-order chi connectivity index (χ0) is 9.14. The highest BCUT2D eigenvalue weighted by molar-refractivity contribution is 5.85. The normalized spacial score (nSPS) is 28.2. The van der Waals surface area contributed by atoms with Crippen molar-refractivity contribution in [2.75, 3.05) is 6.54 Å². The lowest BCUT2D eigenvalue weighted by Crippen LogP contribution is -2.21. The van der Waals surface area contributed by atoms with E-state index in [2.05, 4.69) is 19.2 Å². The van der Waals surface area contributed by atoms with Gasteiger partial charge in [0.1, 0.15) is 0 Å². The van der Waals surface area contributed by atoms with Crippen molar-refractivity contribution in [3.8, 4) is 12.5 Å². The highest BCUT2D eigenvalue weighted by atomic mass is 16.2. The number of hydrogen-bond donors (Lipinski definition) is 0. The van der Waals surface area contributed by atoms with Crippen LogP contribution in [0.25, 0.3) is 0 Å². The summed E-state index contributed by atoms with van der Waals surface area (Å²) in [6, 6.07) is 2.33. The van der Waals surface area contributed by atoms with Gasteiger partial charge in [0.2, 0.25) is 5.91 Å². The second-order valence-corrected chi connectivity index (χ2v) is 2.74. The van der Waals surface area contributed by atoms with E-state index < -0.39 is 0 Å². The molecule has 0 aromatic carbocycles. The monoisotopic (exact) mass is 161 g/mol. The van der Waals surface area contributed by atoms with Crippen LogP contribution in [0, 0.1) is 24.3 Å². The minimum Gasteiger partial charge on any atom is -0.273 e. The molecule has 2 atom stereocenters. The number of nitrogens with zero attached hydrogens (tertiary/aromatic N) is 1. The third kappa shape index (κ3) is 1.14. The van der Waals surface area contributed by atoms with Gasteiger partial charge < -0.3 is 0 Å². The van der Waals surface area contributed by atoms with Crippen LogP contribution in [-0.2, 0) is 4.79 Å². The Labute approximate surface area is 72.6 Å². The molecule has 62 valence electrons. The van der Waals surface area contributed by atoms with Crippen molar-refractivity contribution in [3.63, 3.8) is 0 Å². The van der Waals surface area contributed by atoms with Crippen molar-refractivity contribution in [1.29, 1.82) is 0 Å². The van der Waals surface area contributed by atoms with Gasteiger partial charge in [0.15, 0.2) is 0 Å². The summed E-state index contributed by atoms with van der Waals surface area (Å²) in [6.07, 6.45) is 8.53. The van der Waals surface area contributed by atoms with E-state index >= 15 is 0 Å². The van der Waals surface area contributed by atoms with Crippen LogP contribution in [0.5, 0.6) is 0 Å². The van der Waals surface area contributed by atoms with Crippen LogP contribution < -0.4 is 0 Å².